The maximum Gasteiger partial charge on any atom is 0.263 e. The smallest absolute Gasteiger partial charge is 0.263 e. The number of carbonyl (C=O) groups excluding carboxylic acids is 2. The van der Waals surface area contributed by atoms with Gasteiger partial charge in [-0.15, -0.1) is 11.3 Å². The van der Waals surface area contributed by atoms with Gasteiger partial charge in [0.2, 0.25) is 0 Å². The van der Waals surface area contributed by atoms with Crippen molar-refractivity contribution in [2.24, 2.45) is 0 Å². The molecule has 0 unspecified atom stereocenters. The molecule has 0 saturated carbocycles. The van der Waals surface area contributed by atoms with E-state index in [0.29, 0.717) is 25.9 Å². The Morgan fingerprint density at radius 1 is 1.12 bits per heavy atom. The zero-order valence-electron chi connectivity index (χ0n) is 12.9. The van der Waals surface area contributed by atoms with Gasteiger partial charge in [0, 0.05) is 30.8 Å². The van der Waals surface area contributed by atoms with E-state index in [2.05, 4.69) is 5.32 Å². The summed E-state index contributed by atoms with van der Waals surface area (Å²) in [5.41, 5.74) is 0.213. The molecule has 0 bridgehead atoms. The third kappa shape index (κ3) is 3.68. The highest BCUT2D eigenvalue weighted by molar-refractivity contribution is 7.12. The van der Waals surface area contributed by atoms with E-state index in [4.69, 9.17) is 0 Å². The molecule has 2 aromatic rings. The van der Waals surface area contributed by atoms with Gasteiger partial charge in [0.05, 0.1) is 4.88 Å². The summed E-state index contributed by atoms with van der Waals surface area (Å²) in [5.74, 6) is -0.620. The number of nitrogens with zero attached hydrogens (tertiary/aromatic N) is 1. The minimum atomic E-state index is -0.343. The summed E-state index contributed by atoms with van der Waals surface area (Å²) in [6, 6.07) is 7.43. The minimum absolute atomic E-state index is 0.0330. The van der Waals surface area contributed by atoms with E-state index in [9.17, 15) is 19.8 Å². The number of carbonyl (C=O) groups is 2. The van der Waals surface area contributed by atoms with Crippen LogP contribution >= 0.6 is 11.3 Å². The first-order chi connectivity index (χ1) is 11.5. The lowest BCUT2D eigenvalue weighted by Crippen LogP contribution is -2.46. The Kier molecular flexibility index (Phi) is 4.71. The van der Waals surface area contributed by atoms with Crippen molar-refractivity contribution in [2.75, 3.05) is 13.1 Å². The molecule has 1 fully saturated rings. The molecule has 1 aliphatic rings. The number of aromatic hydroxyl groups is 2. The van der Waals surface area contributed by atoms with E-state index >= 15 is 0 Å². The molecule has 0 aliphatic carbocycles. The van der Waals surface area contributed by atoms with Crippen molar-refractivity contribution in [3.63, 3.8) is 0 Å². The van der Waals surface area contributed by atoms with Gasteiger partial charge in [-0.3, -0.25) is 9.59 Å². The second kappa shape index (κ2) is 6.92. The highest BCUT2D eigenvalue weighted by atomic mass is 32.1. The van der Waals surface area contributed by atoms with Crippen LogP contribution < -0.4 is 5.32 Å². The van der Waals surface area contributed by atoms with E-state index in [-0.39, 0.29) is 34.9 Å². The van der Waals surface area contributed by atoms with Gasteiger partial charge >= 0.3 is 0 Å². The molecule has 126 valence electrons. The predicted molar refractivity (Wildman–Crippen MR) is 90.5 cm³/mol. The van der Waals surface area contributed by atoms with Crippen molar-refractivity contribution in [3.8, 4) is 11.5 Å². The van der Waals surface area contributed by atoms with Gasteiger partial charge in [0.25, 0.3) is 11.8 Å². The van der Waals surface area contributed by atoms with E-state index in [0.717, 1.165) is 4.88 Å². The first-order valence-corrected chi connectivity index (χ1v) is 8.57. The maximum atomic E-state index is 12.3. The molecular weight excluding hydrogens is 328 g/mol. The molecule has 0 spiro atoms. The van der Waals surface area contributed by atoms with Crippen LogP contribution in [-0.2, 0) is 0 Å². The van der Waals surface area contributed by atoms with Gasteiger partial charge < -0.3 is 20.4 Å². The van der Waals surface area contributed by atoms with E-state index in [1.165, 1.54) is 29.5 Å². The number of likely N-dealkylation sites (tertiary alicyclic amines) is 1. The lowest BCUT2D eigenvalue weighted by atomic mass is 10.0. The number of hydrogen-bond donors (Lipinski definition) is 3. The van der Waals surface area contributed by atoms with E-state index < -0.39 is 0 Å². The molecule has 1 aromatic carbocycles. The fourth-order valence-electron chi connectivity index (χ4n) is 2.78. The average Bonchev–Trinajstić information content (AvgIpc) is 3.08. The van der Waals surface area contributed by atoms with Crippen LogP contribution in [0.5, 0.6) is 11.5 Å². The van der Waals surface area contributed by atoms with Crippen molar-refractivity contribution in [3.05, 3.63) is 46.2 Å². The van der Waals surface area contributed by atoms with Crippen LogP contribution in [0.1, 0.15) is 32.9 Å². The Labute approximate surface area is 143 Å². The van der Waals surface area contributed by atoms with Crippen LogP contribution in [-0.4, -0.2) is 46.1 Å². The van der Waals surface area contributed by atoms with Gasteiger partial charge in [0.15, 0.2) is 0 Å². The zero-order valence-corrected chi connectivity index (χ0v) is 13.8. The molecule has 7 heteroatoms. The normalized spacial score (nSPS) is 15.2. The SMILES string of the molecule is O=C(NC1CCN(C(=O)c2cccs2)CC1)c1cc(O)cc(O)c1. The Morgan fingerprint density at radius 2 is 1.79 bits per heavy atom. The summed E-state index contributed by atoms with van der Waals surface area (Å²) in [6.07, 6.45) is 1.35. The summed E-state index contributed by atoms with van der Waals surface area (Å²) in [4.78, 5) is 27.0. The Bertz CT molecular complexity index is 717. The van der Waals surface area contributed by atoms with Crippen LogP contribution in [0.2, 0.25) is 0 Å². The first kappa shape index (κ1) is 16.3. The van der Waals surface area contributed by atoms with Gasteiger partial charge in [-0.25, -0.2) is 0 Å². The fraction of sp³-hybridized carbons (Fsp3) is 0.294. The monoisotopic (exact) mass is 346 g/mol. The quantitative estimate of drug-likeness (QED) is 0.795. The number of piperidine rings is 1. The van der Waals surface area contributed by atoms with E-state index in [1.54, 1.807) is 4.90 Å². The molecular formula is C17H18N2O4S. The number of rotatable bonds is 3. The van der Waals surface area contributed by atoms with Crippen LogP contribution in [0, 0.1) is 0 Å². The largest absolute Gasteiger partial charge is 0.508 e. The van der Waals surface area contributed by atoms with Gasteiger partial charge in [-0.05, 0) is 36.4 Å². The molecule has 1 saturated heterocycles. The fourth-order valence-corrected chi connectivity index (χ4v) is 3.47. The summed E-state index contributed by atoms with van der Waals surface area (Å²) < 4.78 is 0. The van der Waals surface area contributed by atoms with Crippen LogP contribution in [0.3, 0.4) is 0 Å². The number of nitrogens with one attached hydrogen (secondary N) is 1. The molecule has 1 aliphatic heterocycles. The molecule has 6 nitrogen and oxygen atoms in total. The van der Waals surface area contributed by atoms with Crippen LogP contribution in [0.4, 0.5) is 0 Å². The van der Waals surface area contributed by atoms with Crippen molar-refractivity contribution < 1.29 is 19.8 Å². The minimum Gasteiger partial charge on any atom is -0.508 e. The van der Waals surface area contributed by atoms with Gasteiger partial charge in [0.1, 0.15) is 11.5 Å². The molecule has 2 amide bonds. The third-order valence-electron chi connectivity index (χ3n) is 4.01. The topological polar surface area (TPSA) is 89.9 Å². The van der Waals surface area contributed by atoms with Crippen LogP contribution in [0.15, 0.2) is 35.7 Å². The molecule has 0 atom stereocenters. The Hall–Kier alpha value is -2.54. The lowest BCUT2D eigenvalue weighted by molar-refractivity contribution is 0.0702. The molecule has 2 heterocycles. The van der Waals surface area contributed by atoms with Crippen molar-refractivity contribution in [1.29, 1.82) is 0 Å². The van der Waals surface area contributed by atoms with Gasteiger partial charge in [-0.2, -0.15) is 0 Å². The van der Waals surface area contributed by atoms with Crippen molar-refractivity contribution in [1.82, 2.24) is 10.2 Å². The second-order valence-electron chi connectivity index (χ2n) is 5.76. The summed E-state index contributed by atoms with van der Waals surface area (Å²) in [5, 5.41) is 23.7. The summed E-state index contributed by atoms with van der Waals surface area (Å²) >= 11 is 1.43. The third-order valence-corrected chi connectivity index (χ3v) is 4.87. The molecule has 0 radical (unpaired) electrons. The number of phenols is 2. The highest BCUT2D eigenvalue weighted by Gasteiger charge is 2.25. The lowest BCUT2D eigenvalue weighted by Gasteiger charge is -2.32. The Morgan fingerprint density at radius 3 is 2.38 bits per heavy atom. The zero-order chi connectivity index (χ0) is 17.1. The number of hydrogen-bond acceptors (Lipinski definition) is 5. The summed E-state index contributed by atoms with van der Waals surface area (Å²) in [6.45, 7) is 1.18. The highest BCUT2D eigenvalue weighted by Crippen LogP contribution is 2.21. The number of thiophene rings is 1. The number of amides is 2. The number of phenolic OH excluding ortho intramolecular Hbond substituents is 2. The molecule has 3 rings (SSSR count). The second-order valence-corrected chi connectivity index (χ2v) is 6.70. The summed E-state index contributed by atoms with van der Waals surface area (Å²) in [7, 11) is 0. The molecule has 1 aromatic heterocycles. The Balaban J connectivity index is 1.55. The van der Waals surface area contributed by atoms with E-state index in [1.807, 2.05) is 17.5 Å². The molecule has 24 heavy (non-hydrogen) atoms. The van der Waals surface area contributed by atoms with Gasteiger partial charge in [-0.1, -0.05) is 6.07 Å². The standard InChI is InChI=1S/C17H18N2O4S/c20-13-8-11(9-14(21)10-13)16(22)18-12-3-5-19(6-4-12)17(23)15-2-1-7-24-15/h1-2,7-10,12,20-21H,3-6H2,(H,18,22). The average molecular weight is 346 g/mol. The predicted octanol–water partition coefficient (Wildman–Crippen LogP) is 2.19. The maximum absolute atomic E-state index is 12.3. The van der Waals surface area contributed by atoms with Crippen molar-refractivity contribution >= 4 is 23.2 Å². The molecule has 3 N–H and O–H groups in total. The van der Waals surface area contributed by atoms with Crippen molar-refractivity contribution in [2.45, 2.75) is 18.9 Å². The van der Waals surface area contributed by atoms with Crippen LogP contribution in [0.25, 0.3) is 0 Å². The first-order valence-electron chi connectivity index (χ1n) is 7.69. The number of benzene rings is 1.